The Bertz CT molecular complexity index is 906. The number of hydrogen-bond acceptors (Lipinski definition) is 6. The lowest BCUT2D eigenvalue weighted by molar-refractivity contribution is -0.384. The predicted molar refractivity (Wildman–Crippen MR) is 99.2 cm³/mol. The molecule has 0 aromatic heterocycles. The molecule has 0 saturated heterocycles. The van der Waals surface area contributed by atoms with Gasteiger partial charge >= 0.3 is 0 Å². The summed E-state index contributed by atoms with van der Waals surface area (Å²) < 4.78 is 12.0. The highest BCUT2D eigenvalue weighted by Crippen LogP contribution is 2.38. The molecule has 3 rings (SSSR count). The van der Waals surface area contributed by atoms with Gasteiger partial charge in [-0.1, -0.05) is 12.1 Å². The number of para-hydroxylation sites is 2. The Labute approximate surface area is 155 Å². The van der Waals surface area contributed by atoms with Crippen molar-refractivity contribution in [3.05, 3.63) is 64.2 Å². The first-order valence-corrected chi connectivity index (χ1v) is 8.31. The first kappa shape index (κ1) is 18.4. The monoisotopic (exact) mass is 369 g/mol. The van der Waals surface area contributed by atoms with E-state index in [-0.39, 0.29) is 11.3 Å². The molecule has 0 aliphatic carbocycles. The van der Waals surface area contributed by atoms with Gasteiger partial charge in [-0.3, -0.25) is 14.9 Å². The van der Waals surface area contributed by atoms with E-state index in [1.54, 1.807) is 13.0 Å². The first-order chi connectivity index (χ1) is 12.8. The van der Waals surface area contributed by atoms with Crippen LogP contribution in [0.3, 0.4) is 0 Å². The average molecular weight is 369 g/mol. The molecular formula is C19H19N3O5. The fourth-order valence-corrected chi connectivity index (χ4v) is 2.82. The molecule has 0 saturated carbocycles. The highest BCUT2D eigenvalue weighted by molar-refractivity contribution is 5.96. The number of benzene rings is 2. The molecule has 1 atom stereocenters. The van der Waals surface area contributed by atoms with Crippen molar-refractivity contribution >= 4 is 17.3 Å². The van der Waals surface area contributed by atoms with Gasteiger partial charge in [0.05, 0.1) is 10.6 Å². The molecule has 8 heteroatoms. The molecule has 1 amide bonds. The number of carbonyl (C=O) groups excluding carboxylic acids is 1. The second kappa shape index (κ2) is 7.06. The van der Waals surface area contributed by atoms with Crippen molar-refractivity contribution in [1.29, 1.82) is 0 Å². The highest BCUT2D eigenvalue weighted by atomic mass is 16.6. The van der Waals surface area contributed by atoms with Gasteiger partial charge in [0.2, 0.25) is 0 Å². The third-order valence-corrected chi connectivity index (χ3v) is 4.15. The van der Waals surface area contributed by atoms with Crippen molar-refractivity contribution in [2.75, 3.05) is 0 Å². The third-order valence-electron chi connectivity index (χ3n) is 4.15. The Balaban J connectivity index is 1.73. The van der Waals surface area contributed by atoms with Crippen molar-refractivity contribution in [1.82, 2.24) is 5.43 Å². The van der Waals surface area contributed by atoms with Crippen molar-refractivity contribution in [2.24, 2.45) is 5.10 Å². The number of carbonyl (C=O) groups is 1. The lowest BCUT2D eigenvalue weighted by atomic mass is 9.96. The molecule has 0 bridgehead atoms. The maximum atomic E-state index is 12.2. The summed E-state index contributed by atoms with van der Waals surface area (Å²) in [6, 6.07) is 12.6. The van der Waals surface area contributed by atoms with E-state index in [1.807, 2.05) is 32.0 Å². The molecule has 27 heavy (non-hydrogen) atoms. The third kappa shape index (κ3) is 3.89. The number of amides is 1. The number of nitrogens with zero attached hydrogens (tertiary/aromatic N) is 2. The standard InChI is InChI=1S/C19H19N3O5/c1-12(17-19(2,3)27-16-7-5-4-6-15(16)26-17)20-21-18(23)13-8-10-14(11-9-13)22(24)25/h4-11,17H,1-3H3,(H,21,23)/b20-12-/t17-/m0/s1. The van der Waals surface area contributed by atoms with Gasteiger partial charge in [0.15, 0.2) is 17.6 Å². The maximum Gasteiger partial charge on any atom is 0.271 e. The SMILES string of the molecule is C/C(=N/NC(=O)c1ccc([N+](=O)[O-])cc1)[C@@H]1Oc2ccccc2OC1(C)C. The fourth-order valence-electron chi connectivity index (χ4n) is 2.82. The van der Waals surface area contributed by atoms with E-state index in [2.05, 4.69) is 10.5 Å². The largest absolute Gasteiger partial charge is 0.480 e. The minimum absolute atomic E-state index is 0.0839. The van der Waals surface area contributed by atoms with Gasteiger partial charge in [0, 0.05) is 17.7 Å². The van der Waals surface area contributed by atoms with E-state index in [0.29, 0.717) is 17.2 Å². The predicted octanol–water partition coefficient (Wildman–Crippen LogP) is 3.32. The van der Waals surface area contributed by atoms with Gasteiger partial charge in [0.1, 0.15) is 5.60 Å². The zero-order valence-corrected chi connectivity index (χ0v) is 15.1. The molecule has 1 N–H and O–H groups in total. The van der Waals surface area contributed by atoms with E-state index in [0.717, 1.165) is 0 Å². The van der Waals surface area contributed by atoms with Gasteiger partial charge in [0.25, 0.3) is 11.6 Å². The van der Waals surface area contributed by atoms with Gasteiger partial charge in [-0.25, -0.2) is 5.43 Å². The van der Waals surface area contributed by atoms with Crippen LogP contribution >= 0.6 is 0 Å². The van der Waals surface area contributed by atoms with E-state index in [1.165, 1.54) is 24.3 Å². The van der Waals surface area contributed by atoms with Crippen LogP contribution in [0.5, 0.6) is 11.5 Å². The number of nitrogens with one attached hydrogen (secondary N) is 1. The van der Waals surface area contributed by atoms with Gasteiger partial charge in [-0.2, -0.15) is 5.10 Å². The summed E-state index contributed by atoms with van der Waals surface area (Å²) in [6.07, 6.45) is -0.496. The minimum Gasteiger partial charge on any atom is -0.480 e. The molecule has 140 valence electrons. The van der Waals surface area contributed by atoms with Gasteiger partial charge in [-0.15, -0.1) is 0 Å². The van der Waals surface area contributed by atoms with E-state index in [9.17, 15) is 14.9 Å². The summed E-state index contributed by atoms with van der Waals surface area (Å²) in [5.41, 5.74) is 2.48. The highest BCUT2D eigenvalue weighted by Gasteiger charge is 2.40. The minimum atomic E-state index is -0.681. The summed E-state index contributed by atoms with van der Waals surface area (Å²) >= 11 is 0. The Kier molecular flexibility index (Phi) is 4.81. The van der Waals surface area contributed by atoms with Crippen LogP contribution in [0.2, 0.25) is 0 Å². The molecule has 2 aromatic carbocycles. The Hall–Kier alpha value is -3.42. The number of ether oxygens (including phenoxy) is 2. The quantitative estimate of drug-likeness (QED) is 0.506. The molecule has 8 nitrogen and oxygen atoms in total. The van der Waals surface area contributed by atoms with Crippen LogP contribution in [0.4, 0.5) is 5.69 Å². The molecule has 1 heterocycles. The second-order valence-corrected chi connectivity index (χ2v) is 6.65. The zero-order valence-electron chi connectivity index (χ0n) is 15.1. The number of rotatable bonds is 4. The molecule has 1 aliphatic rings. The molecule has 1 aliphatic heterocycles. The number of fused-ring (bicyclic) bond motifs is 1. The van der Waals surface area contributed by atoms with Crippen molar-refractivity contribution in [3.63, 3.8) is 0 Å². The van der Waals surface area contributed by atoms with E-state index in [4.69, 9.17) is 9.47 Å². The van der Waals surface area contributed by atoms with Gasteiger partial charge in [-0.05, 0) is 45.0 Å². The lowest BCUT2D eigenvalue weighted by Crippen LogP contribution is -2.52. The van der Waals surface area contributed by atoms with Crippen LogP contribution in [0.1, 0.15) is 31.1 Å². The molecule has 0 radical (unpaired) electrons. The van der Waals surface area contributed by atoms with Crippen LogP contribution in [-0.4, -0.2) is 28.2 Å². The molecule has 0 fully saturated rings. The van der Waals surface area contributed by atoms with Crippen LogP contribution < -0.4 is 14.9 Å². The Morgan fingerprint density at radius 2 is 1.78 bits per heavy atom. The fraction of sp³-hybridized carbons (Fsp3) is 0.263. The summed E-state index contributed by atoms with van der Waals surface area (Å²) in [5, 5.41) is 14.8. The number of hydrazone groups is 1. The molecule has 0 unspecified atom stereocenters. The van der Waals surface area contributed by atoms with Crippen molar-refractivity contribution < 1.29 is 19.2 Å². The van der Waals surface area contributed by atoms with Crippen LogP contribution in [0, 0.1) is 10.1 Å². The number of nitro groups is 1. The van der Waals surface area contributed by atoms with Crippen LogP contribution in [0.25, 0.3) is 0 Å². The van der Waals surface area contributed by atoms with Gasteiger partial charge < -0.3 is 9.47 Å². The number of nitro benzene ring substituents is 1. The molecule has 2 aromatic rings. The maximum absolute atomic E-state index is 12.2. The number of hydrogen-bond donors (Lipinski definition) is 1. The van der Waals surface area contributed by atoms with Crippen LogP contribution in [-0.2, 0) is 0 Å². The lowest BCUT2D eigenvalue weighted by Gasteiger charge is -2.39. The van der Waals surface area contributed by atoms with Crippen LogP contribution in [0.15, 0.2) is 53.6 Å². The second-order valence-electron chi connectivity index (χ2n) is 6.65. The summed E-state index contributed by atoms with van der Waals surface area (Å²) in [6.45, 7) is 5.50. The van der Waals surface area contributed by atoms with Crippen molar-refractivity contribution in [2.45, 2.75) is 32.5 Å². The Morgan fingerprint density at radius 3 is 2.41 bits per heavy atom. The normalized spacial score (nSPS) is 17.9. The summed E-state index contributed by atoms with van der Waals surface area (Å²) in [7, 11) is 0. The Morgan fingerprint density at radius 1 is 1.15 bits per heavy atom. The van der Waals surface area contributed by atoms with Crippen molar-refractivity contribution in [3.8, 4) is 11.5 Å². The van der Waals surface area contributed by atoms with E-state index < -0.39 is 22.5 Å². The topological polar surface area (TPSA) is 103 Å². The first-order valence-electron chi connectivity index (χ1n) is 8.31. The van der Waals surface area contributed by atoms with E-state index >= 15 is 0 Å². The molecule has 0 spiro atoms. The zero-order chi connectivity index (χ0) is 19.6. The molecular weight excluding hydrogens is 350 g/mol. The average Bonchev–Trinajstić information content (AvgIpc) is 2.64. The number of non-ortho nitro benzene ring substituents is 1. The summed E-state index contributed by atoms with van der Waals surface area (Å²) in [5.74, 6) is 0.790. The summed E-state index contributed by atoms with van der Waals surface area (Å²) in [4.78, 5) is 22.4. The smallest absolute Gasteiger partial charge is 0.271 e.